The maximum Gasteiger partial charge on any atom is 0.0336 e. The number of hydrogen-bond donors (Lipinski definition) is 1. The van der Waals surface area contributed by atoms with Crippen LogP contribution in [0, 0.1) is 17.2 Å². The number of allylic oxidation sites excluding steroid dienone is 2. The van der Waals surface area contributed by atoms with E-state index in [0.29, 0.717) is 17.5 Å². The predicted octanol–water partition coefficient (Wildman–Crippen LogP) is 2.87. The summed E-state index contributed by atoms with van der Waals surface area (Å²) in [5.41, 5.74) is 0.716. The minimum Gasteiger partial charge on any atom is -0.305 e. The van der Waals surface area contributed by atoms with Crippen molar-refractivity contribution < 1.29 is 0 Å². The van der Waals surface area contributed by atoms with Gasteiger partial charge in [0.25, 0.3) is 0 Å². The van der Waals surface area contributed by atoms with E-state index in [1.807, 2.05) is 19.9 Å². The van der Waals surface area contributed by atoms with Gasteiger partial charge in [0.2, 0.25) is 0 Å². The van der Waals surface area contributed by atoms with Gasteiger partial charge in [-0.1, -0.05) is 33.8 Å². The van der Waals surface area contributed by atoms with Crippen molar-refractivity contribution >= 4 is 5.71 Å². The third-order valence-corrected chi connectivity index (χ3v) is 1.28. The minimum absolute atomic E-state index is 0.356. The second-order valence-corrected chi connectivity index (χ2v) is 3.21. The van der Waals surface area contributed by atoms with E-state index in [1.54, 1.807) is 0 Å². The van der Waals surface area contributed by atoms with Crippen LogP contribution in [0.15, 0.2) is 12.2 Å². The summed E-state index contributed by atoms with van der Waals surface area (Å²) in [5.74, 6) is 0.911. The van der Waals surface area contributed by atoms with Gasteiger partial charge in [-0.2, -0.15) is 0 Å². The summed E-state index contributed by atoms with van der Waals surface area (Å²) in [5, 5.41) is 7.45. The maximum atomic E-state index is 7.45. The molecule has 58 valence electrons. The summed E-state index contributed by atoms with van der Waals surface area (Å²) in [7, 11) is 0. The fourth-order valence-corrected chi connectivity index (χ4v) is 0.489. The van der Waals surface area contributed by atoms with Crippen LogP contribution in [-0.2, 0) is 0 Å². The number of hydrogen-bond acceptors (Lipinski definition) is 1. The van der Waals surface area contributed by atoms with E-state index < -0.39 is 0 Å². The zero-order chi connectivity index (χ0) is 8.15. The molecule has 0 aromatic rings. The molecule has 0 aromatic carbocycles. The first-order chi connectivity index (χ1) is 4.54. The molecular formula is C9H17N. The second kappa shape index (κ2) is 4.26. The molecule has 0 amide bonds. The van der Waals surface area contributed by atoms with E-state index in [-0.39, 0.29) is 0 Å². The first kappa shape index (κ1) is 9.41. The predicted molar refractivity (Wildman–Crippen MR) is 46.5 cm³/mol. The largest absolute Gasteiger partial charge is 0.305 e. The lowest BCUT2D eigenvalue weighted by Gasteiger charge is -2.01. The Balaban J connectivity index is 3.79. The molecule has 1 N–H and O–H groups in total. The molecule has 0 atom stereocenters. The first-order valence-corrected chi connectivity index (χ1v) is 3.80. The summed E-state index contributed by atoms with van der Waals surface area (Å²) < 4.78 is 0. The molecule has 0 fully saturated rings. The Morgan fingerprint density at radius 2 is 1.70 bits per heavy atom. The highest BCUT2D eigenvalue weighted by Gasteiger charge is 1.96. The van der Waals surface area contributed by atoms with Crippen LogP contribution < -0.4 is 0 Å². The fraction of sp³-hybridized carbons (Fsp3) is 0.667. The van der Waals surface area contributed by atoms with Gasteiger partial charge in [-0.3, -0.25) is 0 Å². The Bertz CT molecular complexity index is 132. The summed E-state index contributed by atoms with van der Waals surface area (Å²) >= 11 is 0. The van der Waals surface area contributed by atoms with Crippen molar-refractivity contribution in [2.45, 2.75) is 27.7 Å². The SMILES string of the molecule is CC(C)C=CC(=N)C(C)C. The van der Waals surface area contributed by atoms with Crippen molar-refractivity contribution in [3.05, 3.63) is 12.2 Å². The normalized spacial score (nSPS) is 11.8. The van der Waals surface area contributed by atoms with E-state index in [1.165, 1.54) is 0 Å². The molecule has 0 unspecified atom stereocenters. The third-order valence-electron chi connectivity index (χ3n) is 1.28. The van der Waals surface area contributed by atoms with Crippen molar-refractivity contribution in [1.29, 1.82) is 5.41 Å². The molecule has 0 heterocycles. The van der Waals surface area contributed by atoms with E-state index in [2.05, 4.69) is 19.9 Å². The summed E-state index contributed by atoms with van der Waals surface area (Å²) in [6.07, 6.45) is 3.96. The zero-order valence-corrected chi connectivity index (χ0v) is 7.31. The molecule has 0 aromatic heterocycles. The molecule has 0 rings (SSSR count). The number of rotatable bonds is 3. The van der Waals surface area contributed by atoms with Gasteiger partial charge in [0.15, 0.2) is 0 Å². The highest BCUT2D eigenvalue weighted by molar-refractivity contribution is 5.93. The van der Waals surface area contributed by atoms with Gasteiger partial charge in [-0.05, 0) is 17.9 Å². The topological polar surface area (TPSA) is 23.9 Å². The van der Waals surface area contributed by atoms with Crippen molar-refractivity contribution in [2.24, 2.45) is 11.8 Å². The van der Waals surface area contributed by atoms with Crippen LogP contribution in [0.4, 0.5) is 0 Å². The van der Waals surface area contributed by atoms with Crippen LogP contribution in [0.1, 0.15) is 27.7 Å². The van der Waals surface area contributed by atoms with Gasteiger partial charge in [0.1, 0.15) is 0 Å². The van der Waals surface area contributed by atoms with Crippen molar-refractivity contribution in [3.8, 4) is 0 Å². The quantitative estimate of drug-likeness (QED) is 0.581. The van der Waals surface area contributed by atoms with Gasteiger partial charge < -0.3 is 5.41 Å². The molecule has 0 bridgehead atoms. The van der Waals surface area contributed by atoms with Crippen LogP contribution in [0.2, 0.25) is 0 Å². The van der Waals surface area contributed by atoms with E-state index in [9.17, 15) is 0 Å². The van der Waals surface area contributed by atoms with Crippen molar-refractivity contribution in [1.82, 2.24) is 0 Å². The molecule has 0 aliphatic carbocycles. The van der Waals surface area contributed by atoms with Gasteiger partial charge in [0.05, 0.1) is 0 Å². The lowest BCUT2D eigenvalue weighted by Crippen LogP contribution is -2.01. The van der Waals surface area contributed by atoms with Crippen LogP contribution in [-0.4, -0.2) is 5.71 Å². The van der Waals surface area contributed by atoms with Crippen molar-refractivity contribution in [2.75, 3.05) is 0 Å². The smallest absolute Gasteiger partial charge is 0.0336 e. The Morgan fingerprint density at radius 3 is 2.00 bits per heavy atom. The molecule has 0 saturated heterocycles. The molecule has 1 nitrogen and oxygen atoms in total. The van der Waals surface area contributed by atoms with Crippen molar-refractivity contribution in [3.63, 3.8) is 0 Å². The Kier molecular flexibility index (Phi) is 4.01. The lowest BCUT2D eigenvalue weighted by molar-refractivity contribution is 0.827. The standard InChI is InChI=1S/C9H17N/c1-7(2)5-6-9(10)8(3)4/h5-8,10H,1-4H3. The average Bonchev–Trinajstić information content (AvgIpc) is 1.82. The van der Waals surface area contributed by atoms with E-state index >= 15 is 0 Å². The highest BCUT2D eigenvalue weighted by atomic mass is 14.4. The summed E-state index contributed by atoms with van der Waals surface area (Å²) in [6.45, 7) is 8.30. The molecule has 0 aliphatic heterocycles. The minimum atomic E-state index is 0.356. The molecule has 0 spiro atoms. The maximum absolute atomic E-state index is 7.45. The van der Waals surface area contributed by atoms with Gasteiger partial charge in [-0.25, -0.2) is 0 Å². The Labute approximate surface area is 63.7 Å². The highest BCUT2D eigenvalue weighted by Crippen LogP contribution is 1.99. The monoisotopic (exact) mass is 139 g/mol. The second-order valence-electron chi connectivity index (χ2n) is 3.21. The summed E-state index contributed by atoms with van der Waals surface area (Å²) in [4.78, 5) is 0. The number of nitrogens with one attached hydrogen (secondary N) is 1. The molecule has 1 heteroatoms. The van der Waals surface area contributed by atoms with Crippen LogP contribution >= 0.6 is 0 Å². The molecule has 0 saturated carbocycles. The van der Waals surface area contributed by atoms with Crippen LogP contribution in [0.25, 0.3) is 0 Å². The summed E-state index contributed by atoms with van der Waals surface area (Å²) in [6, 6.07) is 0. The fourth-order valence-electron chi connectivity index (χ4n) is 0.489. The van der Waals surface area contributed by atoms with E-state index in [0.717, 1.165) is 0 Å². The Morgan fingerprint density at radius 1 is 1.20 bits per heavy atom. The molecule has 0 radical (unpaired) electrons. The van der Waals surface area contributed by atoms with Gasteiger partial charge in [-0.15, -0.1) is 0 Å². The van der Waals surface area contributed by atoms with Crippen LogP contribution in [0.3, 0.4) is 0 Å². The van der Waals surface area contributed by atoms with Crippen LogP contribution in [0.5, 0.6) is 0 Å². The lowest BCUT2D eigenvalue weighted by atomic mass is 10.1. The van der Waals surface area contributed by atoms with E-state index in [4.69, 9.17) is 5.41 Å². The average molecular weight is 139 g/mol. The molecule has 10 heavy (non-hydrogen) atoms. The molecule has 0 aliphatic rings. The zero-order valence-electron chi connectivity index (χ0n) is 7.31. The molecular weight excluding hydrogens is 122 g/mol. The Hall–Kier alpha value is -0.590. The first-order valence-electron chi connectivity index (χ1n) is 3.80. The van der Waals surface area contributed by atoms with Gasteiger partial charge >= 0.3 is 0 Å². The third kappa shape index (κ3) is 4.30. The van der Waals surface area contributed by atoms with Gasteiger partial charge in [0, 0.05) is 5.71 Å².